The average Bonchev–Trinajstić information content (AvgIpc) is 3.39. The summed E-state index contributed by atoms with van der Waals surface area (Å²) in [5.74, 6) is 1.83. The average molecular weight is 465 g/mol. The van der Waals surface area contributed by atoms with Crippen LogP contribution in [-0.4, -0.2) is 70.9 Å². The molecule has 2 aromatic rings. The van der Waals surface area contributed by atoms with Crippen molar-refractivity contribution in [2.75, 3.05) is 24.4 Å². The van der Waals surface area contributed by atoms with Crippen molar-refractivity contribution in [3.8, 4) is 17.1 Å². The Morgan fingerprint density at radius 1 is 1.16 bits per heavy atom. The molecule has 2 fully saturated rings. The van der Waals surface area contributed by atoms with Crippen LogP contribution < -0.4 is 4.74 Å². The Kier molecular flexibility index (Phi) is 6.86. The van der Waals surface area contributed by atoms with Gasteiger partial charge in [-0.1, -0.05) is 31.0 Å². The molecular formula is C21H28N4O4S2. The van der Waals surface area contributed by atoms with Gasteiger partial charge in [-0.2, -0.15) is 0 Å². The van der Waals surface area contributed by atoms with E-state index in [4.69, 9.17) is 4.74 Å². The van der Waals surface area contributed by atoms with Gasteiger partial charge in [0.2, 0.25) is 11.1 Å². The van der Waals surface area contributed by atoms with Crippen molar-refractivity contribution >= 4 is 27.5 Å². The number of hydrogen-bond acceptors (Lipinski definition) is 7. The van der Waals surface area contributed by atoms with Crippen LogP contribution in [0.5, 0.6) is 5.75 Å². The van der Waals surface area contributed by atoms with E-state index in [0.717, 1.165) is 37.0 Å². The summed E-state index contributed by atoms with van der Waals surface area (Å²) in [5.41, 5.74) is 0.881. The summed E-state index contributed by atoms with van der Waals surface area (Å²) in [4.78, 5) is 19.6. The third-order valence-corrected chi connectivity index (χ3v) is 8.59. The summed E-state index contributed by atoms with van der Waals surface area (Å²) in [6, 6.07) is 7.43. The first-order chi connectivity index (χ1) is 14.9. The van der Waals surface area contributed by atoms with Gasteiger partial charge in [-0.25, -0.2) is 13.4 Å². The molecule has 168 valence electrons. The number of aromatic nitrogens is 3. The van der Waals surface area contributed by atoms with Gasteiger partial charge in [0.05, 0.1) is 24.4 Å². The quantitative estimate of drug-likeness (QED) is 0.628. The van der Waals surface area contributed by atoms with E-state index in [2.05, 4.69) is 15.2 Å². The first kappa shape index (κ1) is 22.1. The molecule has 4 rings (SSSR count). The number of methoxy groups -OCH3 is 1. The van der Waals surface area contributed by atoms with Crippen LogP contribution in [0.1, 0.15) is 38.5 Å². The van der Waals surface area contributed by atoms with Gasteiger partial charge in [0.15, 0.2) is 15.7 Å². The molecule has 1 aromatic carbocycles. The van der Waals surface area contributed by atoms with Crippen molar-refractivity contribution in [2.45, 2.75) is 55.8 Å². The minimum absolute atomic E-state index is 0.0187. The summed E-state index contributed by atoms with van der Waals surface area (Å²) < 4.78 is 29.2. The van der Waals surface area contributed by atoms with Gasteiger partial charge in [-0.3, -0.25) is 9.89 Å². The summed E-state index contributed by atoms with van der Waals surface area (Å²) >= 11 is 1.28. The third-order valence-electron chi connectivity index (χ3n) is 6.01. The molecule has 0 bridgehead atoms. The van der Waals surface area contributed by atoms with Gasteiger partial charge in [-0.05, 0) is 43.5 Å². The number of aromatic amines is 1. The predicted octanol–water partition coefficient (Wildman–Crippen LogP) is 2.92. The van der Waals surface area contributed by atoms with Crippen LogP contribution in [0, 0.1) is 0 Å². The van der Waals surface area contributed by atoms with Crippen LogP contribution in [0.25, 0.3) is 11.4 Å². The number of nitrogens with one attached hydrogen (secondary N) is 1. The zero-order chi connectivity index (χ0) is 21.8. The monoisotopic (exact) mass is 464 g/mol. The molecule has 10 heteroatoms. The SMILES string of the molecule is COc1ccc(-c2nc(SCC(=O)N(C3CCCCC3)C3CCS(=O)(=O)C3)n[nH]2)cc1. The van der Waals surface area contributed by atoms with Crippen LogP contribution in [0.3, 0.4) is 0 Å². The number of rotatable bonds is 7. The minimum Gasteiger partial charge on any atom is -0.497 e. The van der Waals surface area contributed by atoms with Gasteiger partial charge >= 0.3 is 0 Å². The fourth-order valence-electron chi connectivity index (χ4n) is 4.45. The largest absolute Gasteiger partial charge is 0.497 e. The number of sulfone groups is 1. The summed E-state index contributed by atoms with van der Waals surface area (Å²) in [7, 11) is -1.43. The van der Waals surface area contributed by atoms with Crippen LogP contribution in [0.15, 0.2) is 29.4 Å². The molecular weight excluding hydrogens is 436 g/mol. The van der Waals surface area contributed by atoms with Gasteiger partial charge in [0.1, 0.15) is 5.75 Å². The Bertz CT molecular complexity index is 1000. The van der Waals surface area contributed by atoms with E-state index in [1.807, 2.05) is 29.2 Å². The molecule has 1 atom stereocenters. The van der Waals surface area contributed by atoms with Crippen LogP contribution in [0.2, 0.25) is 0 Å². The van der Waals surface area contributed by atoms with E-state index < -0.39 is 9.84 Å². The Balaban J connectivity index is 1.42. The second kappa shape index (κ2) is 9.60. The smallest absolute Gasteiger partial charge is 0.233 e. The molecule has 1 unspecified atom stereocenters. The summed E-state index contributed by atoms with van der Waals surface area (Å²) in [5, 5.41) is 7.64. The van der Waals surface area contributed by atoms with Crippen molar-refractivity contribution in [3.63, 3.8) is 0 Å². The Morgan fingerprint density at radius 2 is 1.90 bits per heavy atom. The number of H-pyrrole nitrogens is 1. The fraction of sp³-hybridized carbons (Fsp3) is 0.571. The van der Waals surface area contributed by atoms with E-state index >= 15 is 0 Å². The molecule has 2 aliphatic rings. The molecule has 1 aromatic heterocycles. The highest BCUT2D eigenvalue weighted by Crippen LogP contribution is 2.30. The van der Waals surface area contributed by atoms with Crippen LogP contribution in [-0.2, 0) is 14.6 Å². The number of carbonyl (C=O) groups is 1. The standard InChI is InChI=1S/C21H28N4O4S2/c1-29-18-9-7-15(8-10-18)20-22-21(24-23-20)30-13-19(26)25(16-5-3-2-4-6-16)17-11-12-31(27,28)14-17/h7-10,16-17H,2-6,11-14H2,1H3,(H,22,23,24). The van der Waals surface area contributed by atoms with Crippen molar-refractivity contribution in [3.05, 3.63) is 24.3 Å². The van der Waals surface area contributed by atoms with E-state index in [9.17, 15) is 13.2 Å². The lowest BCUT2D eigenvalue weighted by Gasteiger charge is -2.38. The lowest BCUT2D eigenvalue weighted by molar-refractivity contribution is -0.133. The first-order valence-corrected chi connectivity index (χ1v) is 13.5. The number of ether oxygens (including phenoxy) is 1. The lowest BCUT2D eigenvalue weighted by Crippen LogP contribution is -2.49. The van der Waals surface area contributed by atoms with Crippen LogP contribution >= 0.6 is 11.8 Å². The Hall–Kier alpha value is -2.07. The molecule has 0 spiro atoms. The number of carbonyl (C=O) groups excluding carboxylic acids is 1. The second-order valence-electron chi connectivity index (χ2n) is 8.13. The zero-order valence-electron chi connectivity index (χ0n) is 17.6. The van der Waals surface area contributed by atoms with E-state index in [1.54, 1.807) is 7.11 Å². The van der Waals surface area contributed by atoms with Crippen LogP contribution in [0.4, 0.5) is 0 Å². The van der Waals surface area contributed by atoms with Crippen molar-refractivity contribution < 1.29 is 17.9 Å². The minimum atomic E-state index is -3.05. The van der Waals surface area contributed by atoms with Crippen molar-refractivity contribution in [1.29, 1.82) is 0 Å². The molecule has 8 nitrogen and oxygen atoms in total. The third kappa shape index (κ3) is 5.41. The molecule has 2 heterocycles. The Labute approximate surface area is 187 Å². The van der Waals surface area contributed by atoms with Gasteiger partial charge in [0.25, 0.3) is 0 Å². The van der Waals surface area contributed by atoms with Gasteiger partial charge < -0.3 is 9.64 Å². The molecule has 1 aliphatic heterocycles. The molecule has 1 N–H and O–H groups in total. The fourth-order valence-corrected chi connectivity index (χ4v) is 6.83. The number of benzene rings is 1. The maximum Gasteiger partial charge on any atom is 0.233 e. The van der Waals surface area contributed by atoms with Gasteiger partial charge in [0, 0.05) is 17.6 Å². The maximum absolute atomic E-state index is 13.2. The lowest BCUT2D eigenvalue weighted by atomic mass is 9.93. The Morgan fingerprint density at radius 3 is 2.55 bits per heavy atom. The summed E-state index contributed by atoms with van der Waals surface area (Å²) in [6.07, 6.45) is 5.81. The molecule has 1 aliphatic carbocycles. The number of thioether (sulfide) groups is 1. The first-order valence-electron chi connectivity index (χ1n) is 10.7. The van der Waals surface area contributed by atoms with Gasteiger partial charge in [-0.15, -0.1) is 5.10 Å². The molecule has 1 amide bonds. The van der Waals surface area contributed by atoms with Crippen molar-refractivity contribution in [2.24, 2.45) is 0 Å². The second-order valence-corrected chi connectivity index (χ2v) is 11.3. The highest BCUT2D eigenvalue weighted by atomic mass is 32.2. The molecule has 1 saturated carbocycles. The molecule has 0 radical (unpaired) electrons. The molecule has 1 saturated heterocycles. The zero-order valence-corrected chi connectivity index (χ0v) is 19.3. The van der Waals surface area contributed by atoms with E-state index in [0.29, 0.717) is 17.4 Å². The maximum atomic E-state index is 13.2. The number of amides is 1. The van der Waals surface area contributed by atoms with E-state index in [-0.39, 0.29) is 35.2 Å². The highest BCUT2D eigenvalue weighted by molar-refractivity contribution is 7.99. The summed E-state index contributed by atoms with van der Waals surface area (Å²) in [6.45, 7) is 0. The highest BCUT2D eigenvalue weighted by Gasteiger charge is 2.38. The van der Waals surface area contributed by atoms with Crippen molar-refractivity contribution in [1.82, 2.24) is 20.1 Å². The van der Waals surface area contributed by atoms with E-state index in [1.165, 1.54) is 18.2 Å². The molecule has 31 heavy (non-hydrogen) atoms. The normalized spacial score (nSPS) is 21.1. The number of nitrogens with zero attached hydrogens (tertiary/aromatic N) is 3. The number of hydrogen-bond donors (Lipinski definition) is 1. The topological polar surface area (TPSA) is 105 Å². The predicted molar refractivity (Wildman–Crippen MR) is 120 cm³/mol.